The summed E-state index contributed by atoms with van der Waals surface area (Å²) in [6, 6.07) is 4.65. The van der Waals surface area contributed by atoms with Crippen molar-refractivity contribution < 1.29 is 9.66 Å². The first-order chi connectivity index (χ1) is 8.25. The molecule has 7 nitrogen and oxygen atoms in total. The molecule has 0 unspecified atom stereocenters. The van der Waals surface area contributed by atoms with Crippen LogP contribution in [0.5, 0.6) is 5.88 Å². The maximum Gasteiger partial charge on any atom is 0.287 e. The molecule has 0 aliphatic carbocycles. The Morgan fingerprint density at radius 2 is 2.35 bits per heavy atom. The van der Waals surface area contributed by atoms with Crippen molar-refractivity contribution in [2.45, 2.75) is 6.54 Å². The lowest BCUT2D eigenvalue weighted by atomic mass is 10.4. The molecule has 2 aromatic heterocycles. The first-order valence-electron chi connectivity index (χ1n) is 4.96. The molecular formula is C10H10N4O3. The van der Waals surface area contributed by atoms with Gasteiger partial charge in [-0.1, -0.05) is 0 Å². The van der Waals surface area contributed by atoms with Gasteiger partial charge in [0.05, 0.1) is 11.5 Å². The summed E-state index contributed by atoms with van der Waals surface area (Å²) in [5.41, 5.74) is -0.0515. The molecule has 88 valence electrons. The average molecular weight is 234 g/mol. The van der Waals surface area contributed by atoms with E-state index in [2.05, 4.69) is 10.1 Å². The maximum absolute atomic E-state index is 10.4. The van der Waals surface area contributed by atoms with Gasteiger partial charge in [0, 0.05) is 24.5 Å². The van der Waals surface area contributed by atoms with Crippen LogP contribution in [0.15, 0.2) is 36.8 Å². The first kappa shape index (κ1) is 11.1. The first-order valence-corrected chi connectivity index (χ1v) is 4.96. The molecule has 0 aromatic carbocycles. The van der Waals surface area contributed by atoms with Gasteiger partial charge in [0.25, 0.3) is 5.69 Å². The number of pyridine rings is 1. The molecule has 0 saturated carbocycles. The van der Waals surface area contributed by atoms with Gasteiger partial charge in [-0.15, -0.1) is 0 Å². The Kier molecular flexibility index (Phi) is 3.29. The van der Waals surface area contributed by atoms with Crippen molar-refractivity contribution in [3.8, 4) is 5.88 Å². The van der Waals surface area contributed by atoms with Crippen molar-refractivity contribution >= 4 is 5.69 Å². The molecule has 0 aliphatic heterocycles. The van der Waals surface area contributed by atoms with Crippen molar-refractivity contribution in [3.05, 3.63) is 46.9 Å². The van der Waals surface area contributed by atoms with Crippen molar-refractivity contribution in [2.75, 3.05) is 6.61 Å². The molecule has 0 saturated heterocycles. The van der Waals surface area contributed by atoms with E-state index in [4.69, 9.17) is 4.74 Å². The molecule has 0 spiro atoms. The highest BCUT2D eigenvalue weighted by molar-refractivity contribution is 5.28. The number of aromatic nitrogens is 3. The third kappa shape index (κ3) is 3.00. The highest BCUT2D eigenvalue weighted by Gasteiger charge is 2.05. The van der Waals surface area contributed by atoms with Crippen LogP contribution in [0.1, 0.15) is 0 Å². The molecule has 0 fully saturated rings. The summed E-state index contributed by atoms with van der Waals surface area (Å²) in [6.07, 6.45) is 4.68. The van der Waals surface area contributed by atoms with Crippen LogP contribution in [0.25, 0.3) is 0 Å². The number of ether oxygens (including phenoxy) is 1. The average Bonchev–Trinajstić information content (AvgIpc) is 2.83. The lowest BCUT2D eigenvalue weighted by Crippen LogP contribution is -2.09. The quantitative estimate of drug-likeness (QED) is 0.574. The second-order valence-corrected chi connectivity index (χ2v) is 3.23. The highest BCUT2D eigenvalue weighted by atomic mass is 16.6. The summed E-state index contributed by atoms with van der Waals surface area (Å²) in [5.74, 6) is 0.364. The SMILES string of the molecule is O=[N+]([O-])c1ccc(OCCn2cccn2)nc1. The van der Waals surface area contributed by atoms with E-state index in [1.54, 1.807) is 10.9 Å². The number of nitro groups is 1. The molecular weight excluding hydrogens is 224 g/mol. The highest BCUT2D eigenvalue weighted by Crippen LogP contribution is 2.13. The summed E-state index contributed by atoms with van der Waals surface area (Å²) in [5, 5.41) is 14.4. The van der Waals surface area contributed by atoms with E-state index in [0.717, 1.165) is 0 Å². The van der Waals surface area contributed by atoms with E-state index in [1.807, 2.05) is 12.3 Å². The zero-order chi connectivity index (χ0) is 12.1. The summed E-state index contributed by atoms with van der Waals surface area (Å²) in [7, 11) is 0. The van der Waals surface area contributed by atoms with Crippen LogP contribution < -0.4 is 4.74 Å². The topological polar surface area (TPSA) is 83.1 Å². The number of nitrogens with zero attached hydrogens (tertiary/aromatic N) is 4. The maximum atomic E-state index is 10.4. The molecule has 0 N–H and O–H groups in total. The molecule has 0 aliphatic rings. The monoisotopic (exact) mass is 234 g/mol. The van der Waals surface area contributed by atoms with Gasteiger partial charge < -0.3 is 4.74 Å². The van der Waals surface area contributed by atoms with E-state index < -0.39 is 4.92 Å². The molecule has 2 aromatic rings. The molecule has 2 heterocycles. The Labute approximate surface area is 96.8 Å². The summed E-state index contributed by atoms with van der Waals surface area (Å²) < 4.78 is 7.05. The number of hydrogen-bond acceptors (Lipinski definition) is 5. The fraction of sp³-hybridized carbons (Fsp3) is 0.200. The Hall–Kier alpha value is -2.44. The minimum atomic E-state index is -0.499. The van der Waals surface area contributed by atoms with E-state index in [1.165, 1.54) is 18.3 Å². The second-order valence-electron chi connectivity index (χ2n) is 3.23. The normalized spacial score (nSPS) is 10.1. The lowest BCUT2D eigenvalue weighted by Gasteiger charge is -2.04. The van der Waals surface area contributed by atoms with Crippen LogP contribution in [0, 0.1) is 10.1 Å². The lowest BCUT2D eigenvalue weighted by molar-refractivity contribution is -0.385. The van der Waals surface area contributed by atoms with Crippen LogP contribution in [0.3, 0.4) is 0 Å². The fourth-order valence-electron chi connectivity index (χ4n) is 1.24. The zero-order valence-corrected chi connectivity index (χ0v) is 8.89. The van der Waals surface area contributed by atoms with Gasteiger partial charge >= 0.3 is 0 Å². The predicted octanol–water partition coefficient (Wildman–Crippen LogP) is 1.27. The van der Waals surface area contributed by atoms with Gasteiger partial charge in [0.15, 0.2) is 0 Å². The standard InChI is InChI=1S/C10H10N4O3/c15-14(16)9-2-3-10(11-8-9)17-7-6-13-5-1-4-12-13/h1-5,8H,6-7H2. The Morgan fingerprint density at radius 3 is 2.94 bits per heavy atom. The molecule has 0 atom stereocenters. The van der Waals surface area contributed by atoms with Crippen molar-refractivity contribution in [1.82, 2.24) is 14.8 Å². The van der Waals surface area contributed by atoms with Crippen molar-refractivity contribution in [2.24, 2.45) is 0 Å². The summed E-state index contributed by atoms with van der Waals surface area (Å²) >= 11 is 0. The summed E-state index contributed by atoms with van der Waals surface area (Å²) in [4.78, 5) is 13.7. The third-order valence-electron chi connectivity index (χ3n) is 2.06. The van der Waals surface area contributed by atoms with Gasteiger partial charge in [0.2, 0.25) is 5.88 Å². The molecule has 17 heavy (non-hydrogen) atoms. The van der Waals surface area contributed by atoms with Gasteiger partial charge in [-0.25, -0.2) is 4.98 Å². The molecule has 2 rings (SSSR count). The van der Waals surface area contributed by atoms with Crippen molar-refractivity contribution in [1.29, 1.82) is 0 Å². The Balaban J connectivity index is 1.85. The van der Waals surface area contributed by atoms with E-state index in [9.17, 15) is 10.1 Å². The molecule has 0 bridgehead atoms. The number of rotatable bonds is 5. The minimum Gasteiger partial charge on any atom is -0.476 e. The molecule has 7 heteroatoms. The van der Waals surface area contributed by atoms with E-state index in [-0.39, 0.29) is 5.69 Å². The van der Waals surface area contributed by atoms with Gasteiger partial charge in [-0.3, -0.25) is 14.8 Å². The molecule has 0 radical (unpaired) electrons. The number of hydrogen-bond donors (Lipinski definition) is 0. The Morgan fingerprint density at radius 1 is 1.47 bits per heavy atom. The summed E-state index contributed by atoms with van der Waals surface area (Å²) in [6.45, 7) is 1.01. The smallest absolute Gasteiger partial charge is 0.287 e. The van der Waals surface area contributed by atoms with Crippen LogP contribution >= 0.6 is 0 Å². The third-order valence-corrected chi connectivity index (χ3v) is 2.06. The Bertz CT molecular complexity index is 481. The fourth-order valence-corrected chi connectivity index (χ4v) is 1.24. The van der Waals surface area contributed by atoms with Crippen LogP contribution in [-0.4, -0.2) is 26.3 Å². The predicted molar refractivity (Wildman–Crippen MR) is 58.6 cm³/mol. The van der Waals surface area contributed by atoms with Gasteiger partial charge in [-0.2, -0.15) is 5.10 Å². The van der Waals surface area contributed by atoms with Crippen molar-refractivity contribution in [3.63, 3.8) is 0 Å². The second kappa shape index (κ2) is 5.06. The minimum absolute atomic E-state index is 0.0515. The van der Waals surface area contributed by atoms with E-state index >= 15 is 0 Å². The van der Waals surface area contributed by atoms with Gasteiger partial charge in [-0.05, 0) is 6.07 Å². The van der Waals surface area contributed by atoms with Crippen LogP contribution in [-0.2, 0) is 6.54 Å². The molecule has 0 amide bonds. The van der Waals surface area contributed by atoms with Crippen LogP contribution in [0.2, 0.25) is 0 Å². The van der Waals surface area contributed by atoms with Crippen LogP contribution in [0.4, 0.5) is 5.69 Å². The van der Waals surface area contributed by atoms with E-state index in [0.29, 0.717) is 19.0 Å². The zero-order valence-electron chi connectivity index (χ0n) is 8.89. The van der Waals surface area contributed by atoms with Gasteiger partial charge in [0.1, 0.15) is 12.8 Å². The largest absolute Gasteiger partial charge is 0.476 e.